The second kappa shape index (κ2) is 41.9. The molecule has 0 aliphatic rings. The molecule has 0 aromatic heterocycles. The first-order valence-electron chi connectivity index (χ1n) is 13.4. The Bertz CT molecular complexity index is 235. The minimum absolute atomic E-state index is 0.0278. The third-order valence-electron chi connectivity index (χ3n) is 4.51. The van der Waals surface area contributed by atoms with Gasteiger partial charge in [0.25, 0.3) is 0 Å². The van der Waals surface area contributed by atoms with E-state index in [1.54, 1.807) is 0 Å². The Morgan fingerprint density at radius 2 is 0.606 bits per heavy atom. The smallest absolute Gasteiger partial charge is 0.0701 e. The van der Waals surface area contributed by atoms with Crippen LogP contribution in [-0.4, -0.2) is 88.0 Å². The van der Waals surface area contributed by atoms with E-state index in [-0.39, 0.29) is 19.8 Å². The minimum Gasteiger partial charge on any atom is -0.394 e. The maximum absolute atomic E-state index is 8.40. The summed E-state index contributed by atoms with van der Waals surface area (Å²) in [5.41, 5.74) is 0. The van der Waals surface area contributed by atoms with Gasteiger partial charge in [-0.05, 0) is 19.3 Å². The zero-order valence-electron chi connectivity index (χ0n) is 22.2. The molecule has 0 fully saturated rings. The van der Waals surface area contributed by atoms with Crippen LogP contribution in [0, 0.1) is 0 Å². The normalized spacial score (nSPS) is 10.4. The quantitative estimate of drug-likeness (QED) is 0.171. The van der Waals surface area contributed by atoms with Crippen LogP contribution in [0.2, 0.25) is 0 Å². The SMILES string of the molecule is CCCCCCOCCCCCC.CCCCCCOCCOCCO.OCCOCCO. The minimum atomic E-state index is 0.0278. The van der Waals surface area contributed by atoms with E-state index in [1.165, 1.54) is 70.6 Å². The van der Waals surface area contributed by atoms with Crippen molar-refractivity contribution in [2.75, 3.05) is 72.7 Å². The summed E-state index contributed by atoms with van der Waals surface area (Å²) in [5.74, 6) is 0. The van der Waals surface area contributed by atoms with Gasteiger partial charge in [0.2, 0.25) is 0 Å². The lowest BCUT2D eigenvalue weighted by atomic mass is 10.2. The van der Waals surface area contributed by atoms with Gasteiger partial charge in [-0.2, -0.15) is 0 Å². The maximum atomic E-state index is 8.40. The molecular formula is C26H58O7. The second-order valence-corrected chi connectivity index (χ2v) is 7.80. The molecule has 0 aliphatic carbocycles. The number of ether oxygens (including phenoxy) is 4. The predicted molar refractivity (Wildman–Crippen MR) is 137 cm³/mol. The molecule has 0 rings (SSSR count). The third kappa shape index (κ3) is 49.8. The second-order valence-electron chi connectivity index (χ2n) is 7.80. The number of hydrogen-bond donors (Lipinski definition) is 3. The Hall–Kier alpha value is -0.280. The van der Waals surface area contributed by atoms with Gasteiger partial charge in [-0.3, -0.25) is 0 Å². The van der Waals surface area contributed by atoms with E-state index in [9.17, 15) is 0 Å². The zero-order chi connectivity index (χ0) is 25.1. The van der Waals surface area contributed by atoms with Crippen molar-refractivity contribution in [3.05, 3.63) is 0 Å². The Morgan fingerprint density at radius 1 is 0.333 bits per heavy atom. The molecule has 0 heterocycles. The molecule has 0 bridgehead atoms. The van der Waals surface area contributed by atoms with Crippen molar-refractivity contribution in [1.82, 2.24) is 0 Å². The fraction of sp³-hybridized carbons (Fsp3) is 1.00. The molecule has 0 aromatic carbocycles. The maximum Gasteiger partial charge on any atom is 0.0701 e. The lowest BCUT2D eigenvalue weighted by molar-refractivity contribution is 0.0321. The van der Waals surface area contributed by atoms with Crippen molar-refractivity contribution >= 4 is 0 Å². The van der Waals surface area contributed by atoms with E-state index in [0.717, 1.165) is 26.2 Å². The standard InChI is InChI=1S/C12H26O.C10H22O3.C4H10O3/c1-3-5-7-9-11-13-12-10-8-6-4-2;1-2-3-4-5-7-12-9-10-13-8-6-11;5-1-3-7-4-2-6/h3-12H2,1-2H3;11H,2-10H2,1H3;5-6H,1-4H2. The van der Waals surface area contributed by atoms with Gasteiger partial charge in [-0.1, -0.05) is 78.6 Å². The number of hydrogen-bond acceptors (Lipinski definition) is 7. The van der Waals surface area contributed by atoms with E-state index in [2.05, 4.69) is 25.5 Å². The van der Waals surface area contributed by atoms with Crippen LogP contribution in [0.3, 0.4) is 0 Å². The lowest BCUT2D eigenvalue weighted by Gasteiger charge is -2.04. The molecule has 0 saturated carbocycles. The van der Waals surface area contributed by atoms with Gasteiger partial charge in [0.15, 0.2) is 0 Å². The molecule has 0 spiro atoms. The lowest BCUT2D eigenvalue weighted by Crippen LogP contribution is -2.07. The van der Waals surface area contributed by atoms with E-state index < -0.39 is 0 Å². The van der Waals surface area contributed by atoms with E-state index in [1.807, 2.05) is 0 Å². The Morgan fingerprint density at radius 3 is 0.909 bits per heavy atom. The van der Waals surface area contributed by atoms with Gasteiger partial charge in [0, 0.05) is 19.8 Å². The molecule has 0 saturated heterocycles. The number of unbranched alkanes of at least 4 members (excludes halogenated alkanes) is 9. The number of rotatable bonds is 24. The molecule has 33 heavy (non-hydrogen) atoms. The fourth-order valence-electron chi connectivity index (χ4n) is 2.61. The largest absolute Gasteiger partial charge is 0.394 e. The summed E-state index contributed by atoms with van der Waals surface area (Å²) in [4.78, 5) is 0. The van der Waals surface area contributed by atoms with Crippen LogP contribution in [0.4, 0.5) is 0 Å². The van der Waals surface area contributed by atoms with Crippen LogP contribution < -0.4 is 0 Å². The van der Waals surface area contributed by atoms with Crippen molar-refractivity contribution < 1.29 is 34.3 Å². The van der Waals surface area contributed by atoms with Crippen LogP contribution in [0.15, 0.2) is 0 Å². The van der Waals surface area contributed by atoms with E-state index in [0.29, 0.717) is 33.0 Å². The van der Waals surface area contributed by atoms with Crippen LogP contribution in [0.5, 0.6) is 0 Å². The molecule has 3 N–H and O–H groups in total. The van der Waals surface area contributed by atoms with Gasteiger partial charge in [0.1, 0.15) is 0 Å². The molecule has 0 atom stereocenters. The number of aliphatic hydroxyl groups excluding tert-OH is 3. The number of aliphatic hydroxyl groups is 3. The summed E-state index contributed by atoms with van der Waals surface area (Å²) in [5, 5.41) is 24.6. The van der Waals surface area contributed by atoms with Crippen molar-refractivity contribution in [1.29, 1.82) is 0 Å². The summed E-state index contributed by atoms with van der Waals surface area (Å²) >= 11 is 0. The molecule has 7 nitrogen and oxygen atoms in total. The summed E-state index contributed by atoms with van der Waals surface area (Å²) in [6, 6.07) is 0. The highest BCUT2D eigenvalue weighted by Gasteiger charge is 1.91. The predicted octanol–water partition coefficient (Wildman–Crippen LogP) is 4.74. The van der Waals surface area contributed by atoms with Crippen LogP contribution in [-0.2, 0) is 18.9 Å². The van der Waals surface area contributed by atoms with Crippen LogP contribution in [0.1, 0.15) is 97.8 Å². The monoisotopic (exact) mass is 482 g/mol. The molecule has 0 aliphatic heterocycles. The first-order valence-corrected chi connectivity index (χ1v) is 13.4. The molecule has 204 valence electrons. The third-order valence-corrected chi connectivity index (χ3v) is 4.51. The van der Waals surface area contributed by atoms with E-state index in [4.69, 9.17) is 29.5 Å². The Labute approximate surface area is 205 Å². The van der Waals surface area contributed by atoms with Crippen molar-refractivity contribution in [3.8, 4) is 0 Å². The molecule has 0 aromatic rings. The highest BCUT2D eigenvalue weighted by atomic mass is 16.5. The van der Waals surface area contributed by atoms with Gasteiger partial charge >= 0.3 is 0 Å². The van der Waals surface area contributed by atoms with Crippen molar-refractivity contribution in [3.63, 3.8) is 0 Å². The van der Waals surface area contributed by atoms with Crippen LogP contribution >= 0.6 is 0 Å². The topological polar surface area (TPSA) is 97.6 Å². The first-order chi connectivity index (χ1) is 16.2. The molecule has 0 unspecified atom stereocenters. The molecule has 7 heteroatoms. The first kappa shape index (κ1) is 37.3. The summed E-state index contributed by atoms with van der Waals surface area (Å²) < 4.78 is 20.5. The van der Waals surface area contributed by atoms with Crippen molar-refractivity contribution in [2.45, 2.75) is 97.8 Å². The van der Waals surface area contributed by atoms with Gasteiger partial charge in [0.05, 0.1) is 52.9 Å². The average molecular weight is 483 g/mol. The average Bonchev–Trinajstić information content (AvgIpc) is 2.83. The summed E-state index contributed by atoms with van der Waals surface area (Å²) in [6.07, 6.45) is 15.5. The van der Waals surface area contributed by atoms with Gasteiger partial charge in [-0.15, -0.1) is 0 Å². The Balaban J connectivity index is -0.000000429. The fourth-order valence-corrected chi connectivity index (χ4v) is 2.61. The Kier molecular flexibility index (Phi) is 47.4. The molecule has 0 amide bonds. The van der Waals surface area contributed by atoms with Crippen molar-refractivity contribution in [2.24, 2.45) is 0 Å². The summed E-state index contributed by atoms with van der Waals surface area (Å²) in [7, 11) is 0. The van der Waals surface area contributed by atoms with Gasteiger partial charge in [-0.25, -0.2) is 0 Å². The molecular weight excluding hydrogens is 424 g/mol. The highest BCUT2D eigenvalue weighted by molar-refractivity contribution is 4.42. The molecule has 0 radical (unpaired) electrons. The highest BCUT2D eigenvalue weighted by Crippen LogP contribution is 2.02. The van der Waals surface area contributed by atoms with E-state index >= 15 is 0 Å². The van der Waals surface area contributed by atoms with Gasteiger partial charge < -0.3 is 34.3 Å². The zero-order valence-corrected chi connectivity index (χ0v) is 22.2. The summed E-state index contributed by atoms with van der Waals surface area (Å²) in [6.45, 7) is 11.9. The van der Waals surface area contributed by atoms with Crippen LogP contribution in [0.25, 0.3) is 0 Å².